The largest absolute Gasteiger partial charge is 0.481 e. The van der Waals surface area contributed by atoms with E-state index in [1.54, 1.807) is 0 Å². The SMILES string of the molecule is CCCC(=O)O.O=C1CCC(=O)N1O.c1cc2ccc3cccc4ccc(c1)c2c34. The molecule has 0 aromatic heterocycles. The highest BCUT2D eigenvalue weighted by atomic mass is 16.5. The number of carbonyl (C=O) groups is 3. The molecule has 2 N–H and O–H groups in total. The highest BCUT2D eigenvalue weighted by Crippen LogP contribution is 2.33. The van der Waals surface area contributed by atoms with Crippen LogP contribution in [0.4, 0.5) is 0 Å². The standard InChI is InChI=1S/C16H10.C4H5NO3.C4H8O2/c1-3-11-7-9-13-5-2-6-14-10-8-12(4-1)15(11)16(13)14;6-3-1-2-4(7)5(3)8;1-2-3-4(5)6/h1-10H;8H,1-2H2;2-3H2,1H3,(H,5,6). The molecule has 0 radical (unpaired) electrons. The van der Waals surface area contributed by atoms with Crippen LogP contribution < -0.4 is 0 Å². The molecule has 6 heteroatoms. The van der Waals surface area contributed by atoms with Crippen molar-refractivity contribution < 1.29 is 24.7 Å². The third kappa shape index (κ3) is 4.55. The van der Waals surface area contributed by atoms with Crippen molar-refractivity contribution in [3.05, 3.63) is 60.7 Å². The van der Waals surface area contributed by atoms with Crippen LogP contribution in [-0.4, -0.2) is 33.2 Å². The number of carbonyl (C=O) groups excluding carboxylic acids is 2. The average molecular weight is 405 g/mol. The number of carboxylic acids is 1. The molecular formula is C24H23NO5. The van der Waals surface area contributed by atoms with Crippen LogP contribution >= 0.6 is 0 Å². The maximum Gasteiger partial charge on any atom is 0.303 e. The lowest BCUT2D eigenvalue weighted by atomic mass is 9.95. The molecule has 1 saturated heterocycles. The van der Waals surface area contributed by atoms with Crippen molar-refractivity contribution >= 4 is 50.1 Å². The van der Waals surface area contributed by atoms with Gasteiger partial charge in [0, 0.05) is 19.3 Å². The highest BCUT2D eigenvalue weighted by Gasteiger charge is 2.26. The molecule has 30 heavy (non-hydrogen) atoms. The normalized spacial score (nSPS) is 13.3. The van der Waals surface area contributed by atoms with E-state index >= 15 is 0 Å². The van der Waals surface area contributed by atoms with Gasteiger partial charge < -0.3 is 5.11 Å². The number of amides is 2. The molecule has 0 unspecified atom stereocenters. The quantitative estimate of drug-likeness (QED) is 0.279. The van der Waals surface area contributed by atoms with Crippen LogP contribution in [0, 0.1) is 0 Å². The van der Waals surface area contributed by atoms with Gasteiger partial charge in [-0.25, -0.2) is 0 Å². The zero-order valence-electron chi connectivity index (χ0n) is 16.7. The van der Waals surface area contributed by atoms with Gasteiger partial charge in [0.05, 0.1) is 0 Å². The molecule has 0 atom stereocenters. The zero-order valence-corrected chi connectivity index (χ0v) is 16.7. The number of hydrogen-bond acceptors (Lipinski definition) is 4. The molecule has 4 aromatic rings. The molecule has 0 saturated carbocycles. The second kappa shape index (κ2) is 9.33. The van der Waals surface area contributed by atoms with Gasteiger partial charge in [0.15, 0.2) is 0 Å². The third-order valence-electron chi connectivity index (χ3n) is 4.88. The van der Waals surface area contributed by atoms with Crippen molar-refractivity contribution in [2.45, 2.75) is 32.6 Å². The first-order valence-electron chi connectivity index (χ1n) is 9.81. The first kappa shape index (κ1) is 21.2. The predicted octanol–water partition coefficient (Wildman–Crippen LogP) is 4.98. The summed E-state index contributed by atoms with van der Waals surface area (Å²) in [6, 6.07) is 21.9. The van der Waals surface area contributed by atoms with Gasteiger partial charge >= 0.3 is 5.97 Å². The van der Waals surface area contributed by atoms with E-state index in [1.807, 2.05) is 6.92 Å². The van der Waals surface area contributed by atoms with Gasteiger partial charge in [0.1, 0.15) is 0 Å². The minimum absolute atomic E-state index is 0.148. The summed E-state index contributed by atoms with van der Waals surface area (Å²) in [7, 11) is 0. The topological polar surface area (TPSA) is 94.9 Å². The molecule has 0 spiro atoms. The van der Waals surface area contributed by atoms with E-state index in [9.17, 15) is 14.4 Å². The van der Waals surface area contributed by atoms with Crippen molar-refractivity contribution in [1.29, 1.82) is 0 Å². The smallest absolute Gasteiger partial charge is 0.303 e. The molecular weight excluding hydrogens is 382 g/mol. The van der Waals surface area contributed by atoms with Crippen LogP contribution in [-0.2, 0) is 14.4 Å². The first-order chi connectivity index (χ1) is 14.4. The van der Waals surface area contributed by atoms with E-state index in [2.05, 4.69) is 60.7 Å². The van der Waals surface area contributed by atoms with Gasteiger partial charge in [0.2, 0.25) is 0 Å². The molecule has 1 aliphatic rings. The van der Waals surface area contributed by atoms with E-state index in [-0.39, 0.29) is 17.9 Å². The van der Waals surface area contributed by atoms with Gasteiger partial charge in [-0.3, -0.25) is 19.6 Å². The molecule has 1 aliphatic heterocycles. The number of nitrogens with zero attached hydrogens (tertiary/aromatic N) is 1. The fraction of sp³-hybridized carbons (Fsp3) is 0.208. The Morgan fingerprint density at radius 3 is 1.37 bits per heavy atom. The summed E-state index contributed by atoms with van der Waals surface area (Å²) in [5, 5.41) is 24.6. The van der Waals surface area contributed by atoms with Crippen LogP contribution in [0.15, 0.2) is 60.7 Å². The summed E-state index contributed by atoms with van der Waals surface area (Å²) in [6.07, 6.45) is 1.32. The second-order valence-electron chi connectivity index (χ2n) is 7.03. The summed E-state index contributed by atoms with van der Waals surface area (Å²) in [4.78, 5) is 30.1. The molecule has 4 aromatic carbocycles. The van der Waals surface area contributed by atoms with Crippen LogP contribution in [0.3, 0.4) is 0 Å². The van der Waals surface area contributed by atoms with Crippen molar-refractivity contribution in [3.63, 3.8) is 0 Å². The molecule has 1 heterocycles. The fourth-order valence-corrected chi connectivity index (χ4v) is 3.45. The molecule has 0 bridgehead atoms. The summed E-state index contributed by atoms with van der Waals surface area (Å²) in [5.41, 5.74) is 0. The third-order valence-corrected chi connectivity index (χ3v) is 4.88. The van der Waals surface area contributed by atoms with Gasteiger partial charge in [-0.15, -0.1) is 0 Å². The Balaban J connectivity index is 0.000000154. The van der Waals surface area contributed by atoms with E-state index in [0.29, 0.717) is 6.42 Å². The number of rotatable bonds is 2. The number of hydrogen-bond donors (Lipinski definition) is 2. The Morgan fingerprint density at radius 1 is 0.800 bits per heavy atom. The Morgan fingerprint density at radius 2 is 1.17 bits per heavy atom. The Bertz CT molecular complexity index is 1050. The lowest BCUT2D eigenvalue weighted by molar-refractivity contribution is -0.171. The number of hydroxylamine groups is 2. The minimum Gasteiger partial charge on any atom is -0.481 e. The van der Waals surface area contributed by atoms with Gasteiger partial charge in [0.25, 0.3) is 11.8 Å². The predicted molar refractivity (Wildman–Crippen MR) is 116 cm³/mol. The molecule has 1 fully saturated rings. The van der Waals surface area contributed by atoms with E-state index in [4.69, 9.17) is 10.3 Å². The Kier molecular flexibility index (Phi) is 6.59. The summed E-state index contributed by atoms with van der Waals surface area (Å²) < 4.78 is 0. The van der Waals surface area contributed by atoms with Crippen molar-refractivity contribution in [3.8, 4) is 0 Å². The van der Waals surface area contributed by atoms with Gasteiger partial charge in [-0.2, -0.15) is 5.06 Å². The number of carboxylic acid groups (broad SMARTS) is 1. The van der Waals surface area contributed by atoms with Gasteiger partial charge in [-0.1, -0.05) is 67.6 Å². The average Bonchev–Trinajstić information content (AvgIpc) is 3.04. The molecule has 154 valence electrons. The minimum atomic E-state index is -0.711. The summed E-state index contributed by atoms with van der Waals surface area (Å²) in [6.45, 7) is 1.84. The summed E-state index contributed by atoms with van der Waals surface area (Å²) in [5.74, 6) is -1.72. The number of imide groups is 1. The first-order valence-corrected chi connectivity index (χ1v) is 9.81. The van der Waals surface area contributed by atoms with E-state index in [1.165, 1.54) is 32.3 Å². The zero-order chi connectivity index (χ0) is 21.7. The fourth-order valence-electron chi connectivity index (χ4n) is 3.45. The van der Waals surface area contributed by atoms with Crippen molar-refractivity contribution in [1.82, 2.24) is 5.06 Å². The monoisotopic (exact) mass is 405 g/mol. The lowest BCUT2D eigenvalue weighted by Crippen LogP contribution is -2.24. The highest BCUT2D eigenvalue weighted by molar-refractivity contribution is 6.22. The number of aliphatic carboxylic acids is 1. The van der Waals surface area contributed by atoms with Crippen LogP contribution in [0.25, 0.3) is 32.3 Å². The summed E-state index contributed by atoms with van der Waals surface area (Å²) >= 11 is 0. The lowest BCUT2D eigenvalue weighted by Gasteiger charge is -2.09. The van der Waals surface area contributed by atoms with E-state index < -0.39 is 17.8 Å². The van der Waals surface area contributed by atoms with Crippen molar-refractivity contribution in [2.24, 2.45) is 0 Å². The van der Waals surface area contributed by atoms with Crippen LogP contribution in [0.2, 0.25) is 0 Å². The Labute approximate surface area is 173 Å². The molecule has 6 nitrogen and oxygen atoms in total. The second-order valence-corrected chi connectivity index (χ2v) is 7.03. The Hall–Kier alpha value is -3.51. The van der Waals surface area contributed by atoms with E-state index in [0.717, 1.165) is 6.42 Å². The molecule has 5 rings (SSSR count). The maximum absolute atomic E-state index is 10.2. The van der Waals surface area contributed by atoms with Crippen LogP contribution in [0.1, 0.15) is 32.6 Å². The number of benzene rings is 4. The molecule has 2 amide bonds. The van der Waals surface area contributed by atoms with Crippen LogP contribution in [0.5, 0.6) is 0 Å². The molecule has 0 aliphatic carbocycles. The maximum atomic E-state index is 10.2. The van der Waals surface area contributed by atoms with Gasteiger partial charge in [-0.05, 0) is 38.7 Å². The van der Waals surface area contributed by atoms with Crippen molar-refractivity contribution in [2.75, 3.05) is 0 Å².